The molecule has 46 heteroatoms. The topological polar surface area (TPSA) is 61.8 Å². The molecule has 0 aliphatic heterocycles. The molecule has 0 rings (SSSR count). The molecule has 0 spiro atoms. The molecule has 0 aromatic carbocycles. The summed E-state index contributed by atoms with van der Waals surface area (Å²) in [6, 6.07) is 0. The third kappa shape index (κ3) is 10.2. The molecule has 0 aromatic rings. The van der Waals surface area contributed by atoms with Crippen molar-refractivity contribution in [3.05, 3.63) is 0 Å². The molecule has 1 atom stereocenters. The Kier molecular flexibility index (Phi) is 19.3. The van der Waals surface area contributed by atoms with Crippen molar-refractivity contribution >= 4 is 10.1 Å². The van der Waals surface area contributed by atoms with Crippen molar-refractivity contribution in [2.45, 2.75) is 140 Å². The molecule has 0 N–H and O–H groups in total. The van der Waals surface area contributed by atoms with Gasteiger partial charge in [0.1, 0.15) is 0 Å². The van der Waals surface area contributed by atoms with Gasteiger partial charge in [-0.05, 0) is 6.92 Å². The molecular formula is C25H16F40O5S. The molecule has 0 saturated heterocycles. The average Bonchev–Trinajstić information content (AvgIpc) is 3.12. The highest BCUT2D eigenvalue weighted by molar-refractivity contribution is 7.87. The molecule has 0 radical (unpaired) electrons. The minimum atomic E-state index is -10.0. The number of alkyl halides is 40. The van der Waals surface area contributed by atoms with E-state index in [1.807, 2.05) is 4.74 Å². The van der Waals surface area contributed by atoms with E-state index in [4.69, 9.17) is 0 Å². The molecule has 5 nitrogen and oxygen atoms in total. The standard InChI is InChI=1S/C17H5F31.C7H7F9O5S.CH4/c1-3(19,20)5(23,24)7(27,28)9(31,32)11(35,36)13(39,40)15(43,44)17(47,48)16(45,46)14(41,42)12(37,38)10(33,34)8(29,30)6(25,26)4(21,22)2-18;1-3(8)20-4(9,10)5(11,12)21-6(13,14)7(15,16)22(17,18)19-2;/h2H2,1H3;3H,1-2H3;1H4. The van der Waals surface area contributed by atoms with Gasteiger partial charge >= 0.3 is 123 Å². The van der Waals surface area contributed by atoms with Crippen LogP contribution in [0.1, 0.15) is 21.3 Å². The van der Waals surface area contributed by atoms with Gasteiger partial charge in [0.05, 0.1) is 7.11 Å². The molecule has 0 amide bonds. The lowest BCUT2D eigenvalue weighted by Crippen LogP contribution is -2.79. The van der Waals surface area contributed by atoms with E-state index >= 15 is 0 Å². The maximum atomic E-state index is 13.7. The van der Waals surface area contributed by atoms with Crippen LogP contribution in [-0.4, -0.2) is 141 Å². The lowest BCUT2D eigenvalue weighted by atomic mass is 9.83. The summed E-state index contributed by atoms with van der Waals surface area (Å²) in [5.74, 6) is -137. The monoisotopic (exact) mass is 1190 g/mol. The number of ether oxygens (including phenoxy) is 2. The zero-order valence-corrected chi connectivity index (χ0v) is 32.2. The minimum absolute atomic E-state index is 0. The Bertz CT molecular complexity index is 1910. The van der Waals surface area contributed by atoms with Gasteiger partial charge in [0.15, 0.2) is 6.67 Å². The van der Waals surface area contributed by atoms with Crippen LogP contribution < -0.4 is 0 Å². The highest BCUT2D eigenvalue weighted by Gasteiger charge is 3.01. The molecule has 0 heterocycles. The first-order chi connectivity index (χ1) is 29.5. The van der Waals surface area contributed by atoms with Crippen LogP contribution in [0.25, 0.3) is 0 Å². The van der Waals surface area contributed by atoms with Crippen LogP contribution in [0, 0.1) is 0 Å². The van der Waals surface area contributed by atoms with Gasteiger partial charge in [0.2, 0.25) is 6.36 Å². The maximum Gasteiger partial charge on any atom is 0.460 e. The lowest BCUT2D eigenvalue weighted by Gasteiger charge is -2.46. The Morgan fingerprint density at radius 3 is 0.775 bits per heavy atom. The van der Waals surface area contributed by atoms with Gasteiger partial charge in [0.25, 0.3) is 0 Å². The average molecular weight is 1190 g/mol. The van der Waals surface area contributed by atoms with Crippen molar-refractivity contribution in [3.63, 3.8) is 0 Å². The van der Waals surface area contributed by atoms with Gasteiger partial charge in [-0.15, -0.1) is 0 Å². The first-order valence-corrected chi connectivity index (χ1v) is 16.5. The molecule has 0 saturated carbocycles. The smallest absolute Gasteiger partial charge is 0.279 e. The van der Waals surface area contributed by atoms with E-state index in [-0.39, 0.29) is 21.5 Å². The Hall–Kier alpha value is -2.97. The quantitative estimate of drug-likeness (QED) is 0.0754. The van der Waals surface area contributed by atoms with E-state index < -0.39 is 142 Å². The molecule has 432 valence electrons. The fraction of sp³-hybridized carbons (Fsp3) is 1.00. The summed E-state index contributed by atoms with van der Waals surface area (Å²) in [5.41, 5.74) is 0. The number of hydrogen-bond acceptors (Lipinski definition) is 5. The van der Waals surface area contributed by atoms with Crippen LogP contribution in [0.15, 0.2) is 0 Å². The Balaban J connectivity index is -0.00000168. The van der Waals surface area contributed by atoms with Crippen molar-refractivity contribution in [2.24, 2.45) is 0 Å². The molecule has 1 unspecified atom stereocenters. The predicted octanol–water partition coefficient (Wildman–Crippen LogP) is 13.8. The molecular weight excluding hydrogens is 1170 g/mol. The summed E-state index contributed by atoms with van der Waals surface area (Å²) in [6.07, 6.45) is -22.4. The largest absolute Gasteiger partial charge is 0.460 e. The summed E-state index contributed by atoms with van der Waals surface area (Å²) >= 11 is 0. The van der Waals surface area contributed by atoms with Gasteiger partial charge < -0.3 is 0 Å². The van der Waals surface area contributed by atoms with Crippen LogP contribution in [-0.2, 0) is 23.8 Å². The predicted molar refractivity (Wildman–Crippen MR) is 141 cm³/mol. The van der Waals surface area contributed by atoms with Crippen LogP contribution in [0.3, 0.4) is 0 Å². The summed E-state index contributed by atoms with van der Waals surface area (Å²) in [4.78, 5) is 0. The lowest BCUT2D eigenvalue weighted by molar-refractivity contribution is -0.504. The van der Waals surface area contributed by atoms with Crippen molar-refractivity contribution in [1.29, 1.82) is 0 Å². The van der Waals surface area contributed by atoms with E-state index in [1.165, 1.54) is 0 Å². The summed E-state index contributed by atoms with van der Waals surface area (Å²) < 4.78 is 557. The first kappa shape index (κ1) is 72.3. The summed E-state index contributed by atoms with van der Waals surface area (Å²) in [5, 5.41) is -6.46. The number of hydrogen-bond donors (Lipinski definition) is 0. The molecule has 0 aromatic heterocycles. The van der Waals surface area contributed by atoms with Gasteiger partial charge in [-0.25, -0.2) is 13.5 Å². The zero-order valence-electron chi connectivity index (χ0n) is 31.4. The van der Waals surface area contributed by atoms with Gasteiger partial charge in [0, 0.05) is 6.92 Å². The van der Waals surface area contributed by atoms with Gasteiger partial charge in [-0.3, -0.25) is 8.92 Å². The second-order valence-corrected chi connectivity index (χ2v) is 14.4. The minimum Gasteiger partial charge on any atom is -0.279 e. The van der Waals surface area contributed by atoms with E-state index in [0.717, 1.165) is 0 Å². The second kappa shape index (κ2) is 19.0. The van der Waals surface area contributed by atoms with E-state index in [9.17, 15) is 184 Å². The van der Waals surface area contributed by atoms with E-state index in [1.54, 1.807) is 0 Å². The van der Waals surface area contributed by atoms with Crippen LogP contribution in [0.5, 0.6) is 0 Å². The van der Waals surface area contributed by atoms with Crippen molar-refractivity contribution in [2.75, 3.05) is 13.8 Å². The van der Waals surface area contributed by atoms with Gasteiger partial charge in [-0.1, -0.05) is 7.43 Å². The Morgan fingerprint density at radius 1 is 0.380 bits per heavy atom. The van der Waals surface area contributed by atoms with Crippen molar-refractivity contribution in [3.8, 4) is 0 Å². The summed E-state index contributed by atoms with van der Waals surface area (Å²) in [6.45, 7) is -5.86. The number of rotatable bonds is 23. The summed E-state index contributed by atoms with van der Waals surface area (Å²) in [7, 11) is -6.53. The molecule has 0 aliphatic rings. The highest BCUT2D eigenvalue weighted by Crippen LogP contribution is 2.69. The maximum absolute atomic E-state index is 13.7. The Morgan fingerprint density at radius 2 is 0.592 bits per heavy atom. The first-order valence-electron chi connectivity index (χ1n) is 15.1. The van der Waals surface area contributed by atoms with E-state index in [0.29, 0.717) is 0 Å². The fourth-order valence-electron chi connectivity index (χ4n) is 3.56. The fourth-order valence-corrected chi connectivity index (χ4v) is 4.10. The normalized spacial score (nSPS) is 16.8. The molecule has 0 bridgehead atoms. The van der Waals surface area contributed by atoms with Crippen LogP contribution in [0.4, 0.5) is 176 Å². The van der Waals surface area contributed by atoms with Crippen LogP contribution in [0.2, 0.25) is 0 Å². The molecule has 71 heavy (non-hydrogen) atoms. The van der Waals surface area contributed by atoms with E-state index in [2.05, 4.69) is 8.92 Å². The van der Waals surface area contributed by atoms with Crippen molar-refractivity contribution in [1.82, 2.24) is 0 Å². The Labute approximate surface area is 362 Å². The third-order valence-corrected chi connectivity index (χ3v) is 8.99. The SMILES string of the molecule is C.CC(F)(F)C(F)(F)C(F)(F)C(F)(F)C(F)(F)C(F)(F)C(F)(F)C(F)(F)C(F)(F)C(F)(F)C(F)(F)C(F)(F)C(F)(F)C(F)(F)C(F)(F)CF.COS(=O)(=O)C(F)(F)C(F)(F)OC(F)(F)C(F)(F)OC(C)F. The third-order valence-electron chi connectivity index (χ3n) is 7.69. The zero-order chi connectivity index (χ0) is 58.4. The highest BCUT2D eigenvalue weighted by atomic mass is 32.2. The number of halogens is 40. The molecule has 0 fully saturated rings. The van der Waals surface area contributed by atoms with Crippen LogP contribution >= 0.6 is 0 Å². The van der Waals surface area contributed by atoms with Gasteiger partial charge in [-0.2, -0.15) is 175 Å². The van der Waals surface area contributed by atoms with Crippen molar-refractivity contribution < 1.29 is 198 Å². The molecule has 0 aliphatic carbocycles. The second-order valence-electron chi connectivity index (χ2n) is 12.6.